The Balaban J connectivity index is 1.98. The first-order chi connectivity index (χ1) is 13.5. The number of ether oxygens (including phenoxy) is 2. The molecule has 29 heavy (non-hydrogen) atoms. The van der Waals surface area contributed by atoms with Crippen LogP contribution in [0.2, 0.25) is 0 Å². The second kappa shape index (κ2) is 7.70. The van der Waals surface area contributed by atoms with Gasteiger partial charge in [0.1, 0.15) is 0 Å². The Morgan fingerprint density at radius 3 is 2.17 bits per heavy atom. The first-order valence-corrected chi connectivity index (χ1v) is 10.2. The number of esters is 1. The molecule has 0 heterocycles. The second-order valence-electron chi connectivity index (χ2n) is 9.36. The molecule has 0 bridgehead atoms. The molecule has 154 valence electrons. The molecule has 1 aliphatic carbocycles. The monoisotopic (exact) mass is 392 g/mol. The molecule has 0 radical (unpaired) electrons. The molecular formula is C26H32O3. The van der Waals surface area contributed by atoms with Crippen LogP contribution in [0.1, 0.15) is 76.6 Å². The Hall–Kier alpha value is -2.55. The zero-order valence-corrected chi connectivity index (χ0v) is 18.7. The number of carbonyl (C=O) groups is 1. The summed E-state index contributed by atoms with van der Waals surface area (Å²) in [5, 5.41) is 0. The molecule has 1 aliphatic rings. The summed E-state index contributed by atoms with van der Waals surface area (Å²) in [6.45, 7) is 12.9. The molecule has 0 fully saturated rings. The van der Waals surface area contributed by atoms with E-state index in [1.807, 2.05) is 12.1 Å². The predicted octanol–water partition coefficient (Wildman–Crippen LogP) is 6.53. The van der Waals surface area contributed by atoms with Crippen LogP contribution in [-0.2, 0) is 15.6 Å². The number of hydrogen-bond acceptors (Lipinski definition) is 3. The average Bonchev–Trinajstić information content (AvgIpc) is 2.66. The Morgan fingerprint density at radius 2 is 1.55 bits per heavy atom. The van der Waals surface area contributed by atoms with Crippen LogP contribution in [-0.4, -0.2) is 13.1 Å². The molecule has 0 N–H and O–H groups in total. The van der Waals surface area contributed by atoms with Crippen molar-refractivity contribution < 1.29 is 14.3 Å². The summed E-state index contributed by atoms with van der Waals surface area (Å²) in [6, 6.07) is 12.5. The molecular weight excluding hydrogens is 360 g/mol. The summed E-state index contributed by atoms with van der Waals surface area (Å²) in [6.07, 6.45) is 4.56. The Labute approximate surface area is 174 Å². The minimum absolute atomic E-state index is 0.191. The lowest BCUT2D eigenvalue weighted by molar-refractivity contribution is -0.132. The van der Waals surface area contributed by atoms with Crippen molar-refractivity contribution in [3.63, 3.8) is 0 Å². The zero-order chi connectivity index (χ0) is 21.4. The van der Waals surface area contributed by atoms with Crippen LogP contribution in [0, 0.1) is 0 Å². The average molecular weight is 393 g/mol. The number of hydrogen-bond donors (Lipinski definition) is 0. The minimum Gasteiger partial charge on any atom is -0.493 e. The van der Waals surface area contributed by atoms with Gasteiger partial charge in [0.05, 0.1) is 7.11 Å². The highest BCUT2D eigenvalue weighted by Gasteiger charge is 2.36. The third-order valence-electron chi connectivity index (χ3n) is 6.13. The van der Waals surface area contributed by atoms with E-state index in [4.69, 9.17) is 9.47 Å². The van der Waals surface area contributed by atoms with Crippen molar-refractivity contribution in [2.75, 3.05) is 7.11 Å². The Bertz CT molecular complexity index is 964. The summed E-state index contributed by atoms with van der Waals surface area (Å²) in [7, 11) is 1.58. The van der Waals surface area contributed by atoms with Gasteiger partial charge in [-0.15, -0.1) is 0 Å². The molecule has 0 spiro atoms. The number of benzene rings is 2. The van der Waals surface area contributed by atoms with Gasteiger partial charge in [0.15, 0.2) is 11.5 Å². The molecule has 0 aromatic heterocycles. The normalized spacial score (nSPS) is 17.4. The number of rotatable bonds is 4. The summed E-state index contributed by atoms with van der Waals surface area (Å²) in [5.41, 5.74) is 6.77. The molecule has 0 aliphatic heterocycles. The number of allylic oxidation sites excluding steroid dienone is 1. The van der Waals surface area contributed by atoms with Crippen LogP contribution in [0.3, 0.4) is 0 Å². The van der Waals surface area contributed by atoms with Crippen molar-refractivity contribution >= 4 is 17.6 Å². The number of fused-ring (bicyclic) bond motifs is 1. The van der Waals surface area contributed by atoms with E-state index in [1.165, 1.54) is 42.0 Å². The highest BCUT2D eigenvalue weighted by atomic mass is 16.6. The highest BCUT2D eigenvalue weighted by molar-refractivity contribution is 5.81. The molecule has 0 saturated carbocycles. The van der Waals surface area contributed by atoms with Crippen molar-refractivity contribution in [1.29, 1.82) is 0 Å². The van der Waals surface area contributed by atoms with Gasteiger partial charge in [0.2, 0.25) is 0 Å². The lowest BCUT2D eigenvalue weighted by Gasteiger charge is -2.42. The van der Waals surface area contributed by atoms with E-state index in [1.54, 1.807) is 13.2 Å². The van der Waals surface area contributed by atoms with Crippen molar-refractivity contribution in [3.8, 4) is 11.5 Å². The van der Waals surface area contributed by atoms with Crippen molar-refractivity contribution in [1.82, 2.24) is 0 Å². The van der Waals surface area contributed by atoms with Crippen LogP contribution < -0.4 is 9.47 Å². The topological polar surface area (TPSA) is 35.5 Å². The lowest BCUT2D eigenvalue weighted by Crippen LogP contribution is -2.33. The summed E-state index contributed by atoms with van der Waals surface area (Å²) in [5.74, 6) is 0.630. The van der Waals surface area contributed by atoms with Gasteiger partial charge in [-0.3, -0.25) is 4.79 Å². The molecule has 0 saturated heterocycles. The smallest absolute Gasteiger partial charge is 0.308 e. The fourth-order valence-electron chi connectivity index (χ4n) is 4.18. The Morgan fingerprint density at radius 1 is 0.897 bits per heavy atom. The highest BCUT2D eigenvalue weighted by Crippen LogP contribution is 2.46. The van der Waals surface area contributed by atoms with Gasteiger partial charge in [0, 0.05) is 6.92 Å². The number of carbonyl (C=O) groups excluding carboxylic acids is 1. The van der Waals surface area contributed by atoms with E-state index in [0.29, 0.717) is 11.5 Å². The number of methoxy groups -OCH3 is 1. The standard InChI is InChI=1S/C26H32O3/c1-17(14-19-8-11-23(29-18(2)27)24(15-19)28-7)20-9-10-21-22(16-20)26(5,6)13-12-25(21,3)4/h8-11,14-16H,12-13H2,1-7H3/b17-14+. The van der Waals surface area contributed by atoms with Gasteiger partial charge in [-0.05, 0) is 70.6 Å². The Kier molecular flexibility index (Phi) is 5.62. The summed E-state index contributed by atoms with van der Waals surface area (Å²) < 4.78 is 10.6. The molecule has 2 aromatic rings. The molecule has 0 atom stereocenters. The predicted molar refractivity (Wildman–Crippen MR) is 120 cm³/mol. The molecule has 0 unspecified atom stereocenters. The van der Waals surface area contributed by atoms with E-state index in [2.05, 4.69) is 58.9 Å². The van der Waals surface area contributed by atoms with Gasteiger partial charge in [-0.1, -0.05) is 58.0 Å². The van der Waals surface area contributed by atoms with E-state index in [0.717, 1.165) is 5.56 Å². The van der Waals surface area contributed by atoms with Crippen LogP contribution in [0.25, 0.3) is 11.6 Å². The maximum Gasteiger partial charge on any atom is 0.308 e. The van der Waals surface area contributed by atoms with Gasteiger partial charge in [-0.25, -0.2) is 0 Å². The fourth-order valence-corrected chi connectivity index (χ4v) is 4.18. The molecule has 2 aromatic carbocycles. The van der Waals surface area contributed by atoms with Crippen LogP contribution in [0.15, 0.2) is 36.4 Å². The first-order valence-electron chi connectivity index (χ1n) is 10.2. The summed E-state index contributed by atoms with van der Waals surface area (Å²) >= 11 is 0. The third kappa shape index (κ3) is 4.39. The van der Waals surface area contributed by atoms with E-state index in [-0.39, 0.29) is 16.8 Å². The van der Waals surface area contributed by atoms with Crippen LogP contribution in [0.5, 0.6) is 11.5 Å². The summed E-state index contributed by atoms with van der Waals surface area (Å²) in [4.78, 5) is 11.3. The van der Waals surface area contributed by atoms with Crippen molar-refractivity contribution in [3.05, 3.63) is 58.7 Å². The maximum absolute atomic E-state index is 11.3. The van der Waals surface area contributed by atoms with Crippen LogP contribution in [0.4, 0.5) is 0 Å². The van der Waals surface area contributed by atoms with Gasteiger partial charge in [-0.2, -0.15) is 0 Å². The second-order valence-corrected chi connectivity index (χ2v) is 9.36. The zero-order valence-electron chi connectivity index (χ0n) is 18.7. The lowest BCUT2D eigenvalue weighted by atomic mass is 9.63. The van der Waals surface area contributed by atoms with Crippen molar-refractivity contribution in [2.24, 2.45) is 0 Å². The molecule has 3 heteroatoms. The fraction of sp³-hybridized carbons (Fsp3) is 0.423. The van der Waals surface area contributed by atoms with Gasteiger partial charge < -0.3 is 9.47 Å². The molecule has 3 nitrogen and oxygen atoms in total. The van der Waals surface area contributed by atoms with Gasteiger partial charge in [0.25, 0.3) is 0 Å². The molecule has 0 amide bonds. The maximum atomic E-state index is 11.3. The van der Waals surface area contributed by atoms with Crippen LogP contribution >= 0.6 is 0 Å². The SMILES string of the molecule is COc1cc(/C=C(\C)c2ccc3c(c2)C(C)(C)CCC3(C)C)ccc1OC(C)=O. The van der Waals surface area contributed by atoms with E-state index in [9.17, 15) is 4.79 Å². The quantitative estimate of drug-likeness (QED) is 0.337. The largest absolute Gasteiger partial charge is 0.493 e. The first kappa shape index (κ1) is 21.2. The van der Waals surface area contributed by atoms with E-state index < -0.39 is 0 Å². The minimum atomic E-state index is -0.359. The van der Waals surface area contributed by atoms with Crippen molar-refractivity contribution in [2.45, 2.75) is 65.2 Å². The third-order valence-corrected chi connectivity index (χ3v) is 6.13. The van der Waals surface area contributed by atoms with E-state index >= 15 is 0 Å². The van der Waals surface area contributed by atoms with Gasteiger partial charge >= 0.3 is 5.97 Å². The molecule has 3 rings (SSSR count).